The van der Waals surface area contributed by atoms with E-state index >= 15 is 4.79 Å². The van der Waals surface area contributed by atoms with E-state index in [9.17, 15) is 0 Å². The molecule has 0 bridgehead atoms. The minimum absolute atomic E-state index is 0.0908. The molecule has 4 heterocycles. The Bertz CT molecular complexity index is 1880. The van der Waals surface area contributed by atoms with Crippen LogP contribution in [0.3, 0.4) is 0 Å². The lowest BCUT2D eigenvalue weighted by atomic mass is 9.64. The molecule has 0 radical (unpaired) electrons. The molecule has 0 saturated carbocycles. The van der Waals surface area contributed by atoms with Crippen LogP contribution in [0, 0.1) is 0 Å². The van der Waals surface area contributed by atoms with E-state index in [1.807, 2.05) is 11.3 Å². The van der Waals surface area contributed by atoms with Gasteiger partial charge in [0.15, 0.2) is 0 Å². The summed E-state index contributed by atoms with van der Waals surface area (Å²) in [7, 11) is 0. The lowest BCUT2D eigenvalue weighted by Crippen LogP contribution is -2.45. The topological polar surface area (TPSA) is 38.8 Å². The van der Waals surface area contributed by atoms with Gasteiger partial charge >= 0.3 is 0 Å². The Morgan fingerprint density at radius 1 is 0.878 bits per heavy atom. The Kier molecular flexibility index (Phi) is 5.21. The maximum absolute atomic E-state index is 15.0. The maximum Gasteiger partial charge on any atom is 0.242 e. The summed E-state index contributed by atoms with van der Waals surface area (Å²) >= 11 is 1.86. The van der Waals surface area contributed by atoms with Gasteiger partial charge in [-0.05, 0) is 78.1 Å². The molecule has 1 saturated heterocycles. The Labute approximate surface area is 243 Å². The molecule has 4 aromatic carbocycles. The minimum atomic E-state index is -0.700. The van der Waals surface area contributed by atoms with Gasteiger partial charge in [0.1, 0.15) is 11.2 Å². The number of amides is 1. The number of carbonyl (C=O) groups is 1. The van der Waals surface area contributed by atoms with Crippen LogP contribution in [-0.2, 0) is 27.8 Å². The SMILES string of the molecule is O=C1N(C[C@H]2CCCO2)c2cccc(-c3cccc4c3sc3ccccc34)c2C12CCCc1cc3c(cc12)CCO3. The normalized spacial score (nSPS) is 22.9. The molecular weight excluding hydrogens is 526 g/mol. The molecule has 1 spiro atoms. The van der Waals surface area contributed by atoms with E-state index in [0.717, 1.165) is 63.2 Å². The molecule has 2 atom stereocenters. The zero-order valence-corrected chi connectivity index (χ0v) is 23.8. The van der Waals surface area contributed by atoms with Crippen LogP contribution in [0.15, 0.2) is 72.8 Å². The van der Waals surface area contributed by atoms with E-state index in [1.54, 1.807) is 0 Å². The molecule has 5 aromatic rings. The first kappa shape index (κ1) is 24.0. The van der Waals surface area contributed by atoms with Crippen LogP contribution < -0.4 is 9.64 Å². The predicted molar refractivity (Wildman–Crippen MR) is 165 cm³/mol. The number of thiophene rings is 1. The summed E-state index contributed by atoms with van der Waals surface area (Å²) in [4.78, 5) is 17.1. The fourth-order valence-corrected chi connectivity index (χ4v) is 9.28. The quantitative estimate of drug-likeness (QED) is 0.227. The maximum atomic E-state index is 15.0. The lowest BCUT2D eigenvalue weighted by Gasteiger charge is -2.36. The second-order valence-corrected chi connectivity index (χ2v) is 13.1. The largest absolute Gasteiger partial charge is 0.493 e. The molecule has 204 valence electrons. The summed E-state index contributed by atoms with van der Waals surface area (Å²) in [5, 5.41) is 2.58. The van der Waals surface area contributed by atoms with Crippen LogP contribution in [0.2, 0.25) is 0 Å². The lowest BCUT2D eigenvalue weighted by molar-refractivity contribution is -0.122. The molecule has 0 N–H and O–H groups in total. The molecular formula is C36H31NO3S. The van der Waals surface area contributed by atoms with Gasteiger partial charge in [-0.1, -0.05) is 54.6 Å². The fourth-order valence-electron chi connectivity index (χ4n) is 8.05. The summed E-state index contributed by atoms with van der Waals surface area (Å²) in [5.41, 5.74) is 7.67. The van der Waals surface area contributed by atoms with Crippen molar-refractivity contribution in [3.8, 4) is 16.9 Å². The number of aryl methyl sites for hydroxylation is 1. The number of fused-ring (bicyclic) bond motifs is 8. The second-order valence-electron chi connectivity index (χ2n) is 12.0. The molecule has 5 heteroatoms. The molecule has 1 fully saturated rings. The van der Waals surface area contributed by atoms with Crippen molar-refractivity contribution in [2.75, 3.05) is 24.7 Å². The van der Waals surface area contributed by atoms with Gasteiger partial charge in [0.25, 0.3) is 0 Å². The number of hydrogen-bond donors (Lipinski definition) is 0. The number of nitrogens with zero attached hydrogens (tertiary/aromatic N) is 1. The minimum Gasteiger partial charge on any atom is -0.493 e. The summed E-state index contributed by atoms with van der Waals surface area (Å²) in [6.07, 6.45) is 5.85. The molecule has 9 rings (SSSR count). The van der Waals surface area contributed by atoms with Crippen LogP contribution in [0.5, 0.6) is 5.75 Å². The van der Waals surface area contributed by atoms with Crippen molar-refractivity contribution in [2.45, 2.75) is 50.0 Å². The first-order valence-electron chi connectivity index (χ1n) is 15.0. The summed E-state index contributed by atoms with van der Waals surface area (Å²) in [6, 6.07) is 26.5. The third-order valence-electron chi connectivity index (χ3n) is 9.85. The Morgan fingerprint density at radius 3 is 2.68 bits per heavy atom. The van der Waals surface area contributed by atoms with E-state index in [4.69, 9.17) is 9.47 Å². The molecule has 41 heavy (non-hydrogen) atoms. The summed E-state index contributed by atoms with van der Waals surface area (Å²) in [5.74, 6) is 1.23. The van der Waals surface area contributed by atoms with Gasteiger partial charge in [-0.2, -0.15) is 0 Å². The van der Waals surface area contributed by atoms with Gasteiger partial charge in [-0.3, -0.25) is 4.79 Å². The van der Waals surface area contributed by atoms with E-state index in [-0.39, 0.29) is 12.0 Å². The fraction of sp³-hybridized carbons (Fsp3) is 0.306. The average molecular weight is 558 g/mol. The van der Waals surface area contributed by atoms with E-state index < -0.39 is 5.41 Å². The molecule has 1 amide bonds. The first-order valence-corrected chi connectivity index (χ1v) is 15.8. The number of anilines is 1. The van der Waals surface area contributed by atoms with E-state index in [0.29, 0.717) is 6.54 Å². The van der Waals surface area contributed by atoms with Crippen LogP contribution in [0.4, 0.5) is 5.69 Å². The number of ether oxygens (including phenoxy) is 2. The third kappa shape index (κ3) is 3.33. The molecule has 3 aliphatic heterocycles. The van der Waals surface area contributed by atoms with Crippen molar-refractivity contribution in [3.05, 3.63) is 95.1 Å². The van der Waals surface area contributed by atoms with Gasteiger partial charge in [0.05, 0.1) is 19.3 Å². The highest BCUT2D eigenvalue weighted by molar-refractivity contribution is 7.26. The van der Waals surface area contributed by atoms with E-state index in [1.165, 1.54) is 53.6 Å². The van der Waals surface area contributed by atoms with Crippen LogP contribution in [0.25, 0.3) is 31.3 Å². The number of hydrogen-bond acceptors (Lipinski definition) is 4. The second kappa shape index (κ2) is 8.91. The Hall–Kier alpha value is -3.67. The molecule has 1 unspecified atom stereocenters. The number of rotatable bonds is 3. The van der Waals surface area contributed by atoms with Gasteiger partial charge in [0.2, 0.25) is 5.91 Å². The van der Waals surface area contributed by atoms with Gasteiger partial charge in [-0.15, -0.1) is 11.3 Å². The van der Waals surface area contributed by atoms with Crippen molar-refractivity contribution >= 4 is 43.1 Å². The zero-order valence-electron chi connectivity index (χ0n) is 22.9. The van der Waals surface area contributed by atoms with Crippen LogP contribution in [-0.4, -0.2) is 31.8 Å². The van der Waals surface area contributed by atoms with Gasteiger partial charge in [-0.25, -0.2) is 0 Å². The highest BCUT2D eigenvalue weighted by atomic mass is 32.1. The smallest absolute Gasteiger partial charge is 0.242 e. The predicted octanol–water partition coefficient (Wildman–Crippen LogP) is 7.80. The van der Waals surface area contributed by atoms with Crippen molar-refractivity contribution in [1.29, 1.82) is 0 Å². The summed E-state index contributed by atoms with van der Waals surface area (Å²) < 4.78 is 14.7. The van der Waals surface area contributed by atoms with Crippen LogP contribution >= 0.6 is 11.3 Å². The van der Waals surface area contributed by atoms with E-state index in [2.05, 4.69) is 77.7 Å². The van der Waals surface area contributed by atoms with Crippen molar-refractivity contribution in [2.24, 2.45) is 0 Å². The van der Waals surface area contributed by atoms with Crippen molar-refractivity contribution < 1.29 is 14.3 Å². The van der Waals surface area contributed by atoms with Gasteiger partial charge < -0.3 is 14.4 Å². The van der Waals surface area contributed by atoms with Gasteiger partial charge in [0, 0.05) is 44.5 Å². The molecule has 4 nitrogen and oxygen atoms in total. The van der Waals surface area contributed by atoms with Crippen LogP contribution in [0.1, 0.15) is 47.9 Å². The Morgan fingerprint density at radius 2 is 1.76 bits per heavy atom. The Balaban J connectivity index is 1.33. The number of benzene rings is 4. The highest BCUT2D eigenvalue weighted by Gasteiger charge is 2.55. The van der Waals surface area contributed by atoms with Crippen molar-refractivity contribution in [1.82, 2.24) is 0 Å². The molecule has 4 aliphatic rings. The average Bonchev–Trinajstić information content (AvgIpc) is 3.80. The highest BCUT2D eigenvalue weighted by Crippen LogP contribution is 2.57. The summed E-state index contributed by atoms with van der Waals surface area (Å²) in [6.45, 7) is 2.13. The molecule has 1 aliphatic carbocycles. The zero-order chi connectivity index (χ0) is 27.1. The monoisotopic (exact) mass is 557 g/mol. The van der Waals surface area contributed by atoms with Crippen molar-refractivity contribution in [3.63, 3.8) is 0 Å². The molecule has 1 aromatic heterocycles. The number of carbonyl (C=O) groups excluding carboxylic acids is 1. The standard InChI is InChI=1S/C36H31NO3S/c38-35-36(16-5-7-22-20-31-23(15-18-40-31)19-29(22)36)33-26(10-4-13-30(33)37(35)21-24-8-6-17-39-24)28-12-3-11-27-25-9-1-2-14-32(25)41-34(27)28/h1-4,9-14,19-20,24H,5-8,15-18,21H2/t24-,36?/m1/s1. The third-order valence-corrected chi connectivity index (χ3v) is 11.1. The first-order chi connectivity index (χ1) is 20.2.